The van der Waals surface area contributed by atoms with Crippen molar-refractivity contribution in [2.45, 2.75) is 58.1 Å². The van der Waals surface area contributed by atoms with Crippen molar-refractivity contribution in [3.63, 3.8) is 0 Å². The third kappa shape index (κ3) is 3.22. The maximum absolute atomic E-state index is 12.4. The predicted octanol–water partition coefficient (Wildman–Crippen LogP) is 3.46. The van der Waals surface area contributed by atoms with Crippen LogP contribution in [0.25, 0.3) is 0 Å². The lowest BCUT2D eigenvalue weighted by Gasteiger charge is -2.25. The Labute approximate surface area is 127 Å². The Morgan fingerprint density at radius 1 is 1.29 bits per heavy atom. The van der Waals surface area contributed by atoms with E-state index in [2.05, 4.69) is 5.32 Å². The molecule has 0 aliphatic heterocycles. The molecule has 0 saturated heterocycles. The SMILES string of the molecule is CC[C@H](Oc1ccc(C)cc1)C(=O)N[C@@H]1C[C@H]2CC[C@H]1C2. The van der Waals surface area contributed by atoms with E-state index in [-0.39, 0.29) is 12.0 Å². The molecule has 1 aromatic carbocycles. The summed E-state index contributed by atoms with van der Waals surface area (Å²) in [6, 6.07) is 8.27. The lowest BCUT2D eigenvalue weighted by Crippen LogP contribution is -2.45. The number of amides is 1. The van der Waals surface area contributed by atoms with Crippen LogP contribution in [0.1, 0.15) is 44.6 Å². The Bertz CT molecular complexity index is 496. The quantitative estimate of drug-likeness (QED) is 0.900. The van der Waals surface area contributed by atoms with Gasteiger partial charge in [-0.05, 0) is 56.6 Å². The highest BCUT2D eigenvalue weighted by atomic mass is 16.5. The van der Waals surface area contributed by atoms with Gasteiger partial charge in [0.2, 0.25) is 0 Å². The average molecular weight is 287 g/mol. The molecule has 4 atom stereocenters. The monoisotopic (exact) mass is 287 g/mol. The van der Waals surface area contributed by atoms with Crippen LogP contribution in [0.2, 0.25) is 0 Å². The second-order valence-corrected chi connectivity index (χ2v) is 6.62. The van der Waals surface area contributed by atoms with E-state index in [1.807, 2.05) is 38.1 Å². The van der Waals surface area contributed by atoms with Crippen molar-refractivity contribution in [2.24, 2.45) is 11.8 Å². The minimum atomic E-state index is -0.383. The minimum absolute atomic E-state index is 0.0515. The highest BCUT2D eigenvalue weighted by Gasteiger charge is 2.40. The fraction of sp³-hybridized carbons (Fsp3) is 0.611. The predicted molar refractivity (Wildman–Crippen MR) is 83.3 cm³/mol. The summed E-state index contributed by atoms with van der Waals surface area (Å²) < 4.78 is 5.86. The van der Waals surface area contributed by atoms with E-state index in [0.717, 1.165) is 18.1 Å². The normalized spacial score (nSPS) is 28.4. The van der Waals surface area contributed by atoms with E-state index >= 15 is 0 Å². The fourth-order valence-corrected chi connectivity index (χ4v) is 3.80. The van der Waals surface area contributed by atoms with Gasteiger partial charge in [-0.25, -0.2) is 0 Å². The molecule has 2 aliphatic carbocycles. The number of fused-ring (bicyclic) bond motifs is 2. The number of hydrogen-bond acceptors (Lipinski definition) is 2. The lowest BCUT2D eigenvalue weighted by molar-refractivity contribution is -0.129. The van der Waals surface area contributed by atoms with Crippen LogP contribution in [0.15, 0.2) is 24.3 Å². The molecule has 3 rings (SSSR count). The molecule has 1 N–H and O–H groups in total. The van der Waals surface area contributed by atoms with Gasteiger partial charge in [0.1, 0.15) is 5.75 Å². The lowest BCUT2D eigenvalue weighted by atomic mass is 9.95. The second kappa shape index (κ2) is 6.08. The summed E-state index contributed by atoms with van der Waals surface area (Å²) in [6.07, 6.45) is 5.42. The largest absolute Gasteiger partial charge is 0.481 e. The molecular formula is C18H25NO2. The molecule has 0 radical (unpaired) electrons. The standard InChI is InChI=1S/C18H25NO2/c1-3-17(21-15-8-4-12(2)5-9-15)18(20)19-16-11-13-6-7-14(16)10-13/h4-5,8-9,13-14,16-17H,3,6-7,10-11H2,1-2H3,(H,19,20)/t13-,14-,16+,17-/m0/s1. The van der Waals surface area contributed by atoms with Gasteiger partial charge in [0.15, 0.2) is 6.10 Å². The van der Waals surface area contributed by atoms with Crippen molar-refractivity contribution in [1.29, 1.82) is 0 Å². The van der Waals surface area contributed by atoms with Crippen molar-refractivity contribution in [1.82, 2.24) is 5.32 Å². The van der Waals surface area contributed by atoms with Gasteiger partial charge < -0.3 is 10.1 Å². The van der Waals surface area contributed by atoms with Gasteiger partial charge in [-0.3, -0.25) is 4.79 Å². The summed E-state index contributed by atoms with van der Waals surface area (Å²) in [5.41, 5.74) is 1.20. The summed E-state index contributed by atoms with van der Waals surface area (Å²) in [5, 5.41) is 3.23. The maximum Gasteiger partial charge on any atom is 0.261 e. The number of benzene rings is 1. The van der Waals surface area contributed by atoms with Crippen molar-refractivity contribution < 1.29 is 9.53 Å². The highest BCUT2D eigenvalue weighted by Crippen LogP contribution is 2.44. The maximum atomic E-state index is 12.4. The van der Waals surface area contributed by atoms with E-state index in [0.29, 0.717) is 18.4 Å². The summed E-state index contributed by atoms with van der Waals surface area (Å²) in [5.74, 6) is 2.38. The molecule has 114 valence electrons. The van der Waals surface area contributed by atoms with E-state index in [1.165, 1.54) is 24.8 Å². The van der Waals surface area contributed by atoms with Crippen LogP contribution in [0, 0.1) is 18.8 Å². The molecule has 2 saturated carbocycles. The van der Waals surface area contributed by atoms with E-state index < -0.39 is 0 Å². The molecule has 3 heteroatoms. The van der Waals surface area contributed by atoms with Crippen LogP contribution >= 0.6 is 0 Å². The number of carbonyl (C=O) groups excluding carboxylic acids is 1. The first-order valence-corrected chi connectivity index (χ1v) is 8.19. The molecule has 1 aromatic rings. The molecule has 2 aliphatic rings. The first-order chi connectivity index (χ1) is 10.2. The van der Waals surface area contributed by atoms with Crippen LogP contribution in [0.5, 0.6) is 5.75 Å². The number of nitrogens with one attached hydrogen (secondary N) is 1. The van der Waals surface area contributed by atoms with Crippen molar-refractivity contribution in [3.8, 4) is 5.75 Å². The van der Waals surface area contributed by atoms with Gasteiger partial charge in [0, 0.05) is 6.04 Å². The van der Waals surface area contributed by atoms with Gasteiger partial charge in [-0.1, -0.05) is 31.0 Å². The van der Waals surface area contributed by atoms with Gasteiger partial charge in [0.25, 0.3) is 5.91 Å². The highest BCUT2D eigenvalue weighted by molar-refractivity contribution is 5.81. The molecule has 2 fully saturated rings. The molecular weight excluding hydrogens is 262 g/mol. The van der Waals surface area contributed by atoms with Gasteiger partial charge >= 0.3 is 0 Å². The first kappa shape index (κ1) is 14.4. The third-order valence-electron chi connectivity index (χ3n) is 5.03. The van der Waals surface area contributed by atoms with E-state index in [9.17, 15) is 4.79 Å². The summed E-state index contributed by atoms with van der Waals surface area (Å²) in [7, 11) is 0. The molecule has 0 unspecified atom stereocenters. The van der Waals surface area contributed by atoms with Crippen LogP contribution < -0.4 is 10.1 Å². The Morgan fingerprint density at radius 3 is 2.62 bits per heavy atom. The molecule has 21 heavy (non-hydrogen) atoms. The molecule has 1 amide bonds. The minimum Gasteiger partial charge on any atom is -0.481 e. The van der Waals surface area contributed by atoms with Crippen molar-refractivity contribution >= 4 is 5.91 Å². The zero-order chi connectivity index (χ0) is 14.8. The van der Waals surface area contributed by atoms with Crippen molar-refractivity contribution in [2.75, 3.05) is 0 Å². The van der Waals surface area contributed by atoms with Crippen molar-refractivity contribution in [3.05, 3.63) is 29.8 Å². The smallest absolute Gasteiger partial charge is 0.261 e. The molecule has 0 aromatic heterocycles. The van der Waals surface area contributed by atoms with Gasteiger partial charge in [0.05, 0.1) is 0 Å². The van der Waals surface area contributed by atoms with Crippen LogP contribution in [-0.4, -0.2) is 18.1 Å². The fourth-order valence-electron chi connectivity index (χ4n) is 3.80. The zero-order valence-corrected chi connectivity index (χ0v) is 13.0. The van der Waals surface area contributed by atoms with Gasteiger partial charge in [-0.15, -0.1) is 0 Å². The Kier molecular flexibility index (Phi) is 4.18. The second-order valence-electron chi connectivity index (χ2n) is 6.62. The Balaban J connectivity index is 1.57. The number of carbonyl (C=O) groups is 1. The molecule has 0 spiro atoms. The first-order valence-electron chi connectivity index (χ1n) is 8.19. The Morgan fingerprint density at radius 2 is 2.05 bits per heavy atom. The number of aryl methyl sites for hydroxylation is 1. The third-order valence-corrected chi connectivity index (χ3v) is 5.03. The topological polar surface area (TPSA) is 38.3 Å². The average Bonchev–Trinajstić information content (AvgIpc) is 3.09. The van der Waals surface area contributed by atoms with Crippen LogP contribution in [-0.2, 0) is 4.79 Å². The Hall–Kier alpha value is -1.51. The van der Waals surface area contributed by atoms with E-state index in [1.54, 1.807) is 0 Å². The molecule has 2 bridgehead atoms. The number of ether oxygens (including phenoxy) is 1. The molecule has 3 nitrogen and oxygen atoms in total. The van der Waals surface area contributed by atoms with Crippen LogP contribution in [0.4, 0.5) is 0 Å². The summed E-state index contributed by atoms with van der Waals surface area (Å²) in [6.45, 7) is 4.04. The summed E-state index contributed by atoms with van der Waals surface area (Å²) in [4.78, 5) is 12.4. The van der Waals surface area contributed by atoms with E-state index in [4.69, 9.17) is 4.74 Å². The number of rotatable bonds is 5. The zero-order valence-electron chi connectivity index (χ0n) is 13.0. The summed E-state index contributed by atoms with van der Waals surface area (Å²) >= 11 is 0. The number of hydrogen-bond donors (Lipinski definition) is 1. The van der Waals surface area contributed by atoms with Gasteiger partial charge in [-0.2, -0.15) is 0 Å². The van der Waals surface area contributed by atoms with Crippen LogP contribution in [0.3, 0.4) is 0 Å². The molecule has 0 heterocycles.